The molecule has 1 N–H and O–H groups in total. The summed E-state index contributed by atoms with van der Waals surface area (Å²) in [6, 6.07) is 4.61. The highest BCUT2D eigenvalue weighted by molar-refractivity contribution is 5.89. The van der Waals surface area contributed by atoms with Crippen molar-refractivity contribution < 1.29 is 9.18 Å². The summed E-state index contributed by atoms with van der Waals surface area (Å²) >= 11 is 0. The van der Waals surface area contributed by atoms with E-state index in [1.165, 1.54) is 38.4 Å². The number of anilines is 1. The number of nitrogens with zero attached hydrogens (tertiary/aromatic N) is 2. The Kier molecular flexibility index (Phi) is 5.16. The van der Waals surface area contributed by atoms with E-state index in [4.69, 9.17) is 0 Å². The number of rotatable bonds is 3. The average molecular weight is 319 g/mol. The molecule has 5 heteroatoms. The van der Waals surface area contributed by atoms with E-state index in [1.807, 2.05) is 4.90 Å². The molecule has 4 nitrogen and oxygen atoms in total. The summed E-state index contributed by atoms with van der Waals surface area (Å²) in [5.41, 5.74) is 1.21. The lowest BCUT2D eigenvalue weighted by Crippen LogP contribution is -2.37. The first kappa shape index (κ1) is 16.2. The maximum atomic E-state index is 13.3. The number of benzene rings is 1. The predicted octanol–water partition coefficient (Wildman–Crippen LogP) is 3.47. The predicted molar refractivity (Wildman–Crippen MR) is 90.1 cm³/mol. The summed E-state index contributed by atoms with van der Waals surface area (Å²) in [7, 11) is 0. The van der Waals surface area contributed by atoms with Crippen LogP contribution in [0.5, 0.6) is 0 Å². The molecule has 126 valence electrons. The molecule has 2 aliphatic heterocycles. The zero-order valence-corrected chi connectivity index (χ0v) is 13.9. The topological polar surface area (TPSA) is 35.6 Å². The number of carbonyl (C=O) groups is 1. The van der Waals surface area contributed by atoms with E-state index in [1.54, 1.807) is 19.1 Å². The number of nitrogens with one attached hydrogen (secondary N) is 1. The molecule has 2 fully saturated rings. The molecule has 0 aliphatic carbocycles. The highest BCUT2D eigenvalue weighted by Gasteiger charge is 2.28. The van der Waals surface area contributed by atoms with Crippen LogP contribution in [0.1, 0.15) is 31.2 Å². The van der Waals surface area contributed by atoms with Crippen LogP contribution < -0.4 is 5.32 Å². The Labute approximate surface area is 137 Å². The number of urea groups is 1. The van der Waals surface area contributed by atoms with Crippen molar-refractivity contribution in [2.24, 2.45) is 5.92 Å². The van der Waals surface area contributed by atoms with Crippen LogP contribution >= 0.6 is 0 Å². The van der Waals surface area contributed by atoms with Crippen LogP contribution in [0.15, 0.2) is 18.2 Å². The molecule has 1 unspecified atom stereocenters. The van der Waals surface area contributed by atoms with Gasteiger partial charge in [0.1, 0.15) is 5.82 Å². The monoisotopic (exact) mass is 319 g/mol. The van der Waals surface area contributed by atoms with Crippen molar-refractivity contribution in [2.75, 3.05) is 38.0 Å². The van der Waals surface area contributed by atoms with Gasteiger partial charge in [-0.2, -0.15) is 0 Å². The minimum Gasteiger partial charge on any atom is -0.324 e. The molecule has 0 bridgehead atoms. The van der Waals surface area contributed by atoms with Crippen LogP contribution in [0.4, 0.5) is 14.9 Å². The molecule has 2 aliphatic rings. The first-order valence-corrected chi connectivity index (χ1v) is 8.66. The summed E-state index contributed by atoms with van der Waals surface area (Å²) in [5.74, 6) is 0.333. The lowest BCUT2D eigenvalue weighted by molar-refractivity contribution is 0.192. The van der Waals surface area contributed by atoms with Gasteiger partial charge in [-0.3, -0.25) is 0 Å². The molecule has 23 heavy (non-hydrogen) atoms. The fourth-order valence-corrected chi connectivity index (χ4v) is 3.60. The van der Waals surface area contributed by atoms with Crippen LogP contribution in [0.2, 0.25) is 0 Å². The van der Waals surface area contributed by atoms with E-state index in [2.05, 4.69) is 10.2 Å². The van der Waals surface area contributed by atoms with E-state index >= 15 is 0 Å². The largest absolute Gasteiger partial charge is 0.324 e. The van der Waals surface area contributed by atoms with E-state index in [-0.39, 0.29) is 11.8 Å². The van der Waals surface area contributed by atoms with Crippen molar-refractivity contribution in [3.05, 3.63) is 29.6 Å². The molecule has 2 amide bonds. The summed E-state index contributed by atoms with van der Waals surface area (Å²) in [4.78, 5) is 16.8. The van der Waals surface area contributed by atoms with Crippen LogP contribution in [0.25, 0.3) is 0 Å². The van der Waals surface area contributed by atoms with Crippen molar-refractivity contribution in [1.29, 1.82) is 0 Å². The number of likely N-dealkylation sites (tertiary alicyclic amines) is 2. The highest BCUT2D eigenvalue weighted by Crippen LogP contribution is 2.21. The molecule has 0 aromatic heterocycles. The maximum Gasteiger partial charge on any atom is 0.321 e. The Morgan fingerprint density at radius 3 is 2.78 bits per heavy atom. The van der Waals surface area contributed by atoms with Crippen molar-refractivity contribution in [2.45, 2.75) is 32.6 Å². The first-order chi connectivity index (χ1) is 11.1. The number of piperidine rings is 1. The Bertz CT molecular complexity index is 557. The van der Waals surface area contributed by atoms with E-state index in [9.17, 15) is 9.18 Å². The molecule has 1 aromatic rings. The Morgan fingerprint density at radius 2 is 2.04 bits per heavy atom. The smallest absolute Gasteiger partial charge is 0.321 e. The zero-order chi connectivity index (χ0) is 16.2. The molecule has 2 heterocycles. The third-order valence-electron chi connectivity index (χ3n) is 4.95. The first-order valence-electron chi connectivity index (χ1n) is 8.66. The fraction of sp³-hybridized carbons (Fsp3) is 0.611. The van der Waals surface area contributed by atoms with Crippen molar-refractivity contribution in [3.63, 3.8) is 0 Å². The van der Waals surface area contributed by atoms with Gasteiger partial charge in [0.25, 0.3) is 0 Å². The standard InChI is InChI=1S/C18H26FN3O/c1-14-11-16(5-6-17(14)19)20-18(23)22-10-7-15(13-22)12-21-8-3-2-4-9-21/h5-6,11,15H,2-4,7-10,12-13H2,1H3,(H,20,23). The Hall–Kier alpha value is -1.62. The fourth-order valence-electron chi connectivity index (χ4n) is 3.60. The molecule has 1 aromatic carbocycles. The van der Waals surface area contributed by atoms with E-state index in [0.717, 1.165) is 26.1 Å². The molecule has 0 spiro atoms. The van der Waals surface area contributed by atoms with Crippen LogP contribution in [0.3, 0.4) is 0 Å². The second-order valence-electron chi connectivity index (χ2n) is 6.86. The minimum atomic E-state index is -0.245. The maximum absolute atomic E-state index is 13.3. The molecule has 1 atom stereocenters. The molecular weight excluding hydrogens is 293 g/mol. The SMILES string of the molecule is Cc1cc(NC(=O)N2CCC(CN3CCCCC3)C2)ccc1F. The number of amides is 2. The third-order valence-corrected chi connectivity index (χ3v) is 4.95. The van der Waals surface area contributed by atoms with Crippen LogP contribution in [-0.4, -0.2) is 48.6 Å². The van der Waals surface area contributed by atoms with Gasteiger partial charge in [-0.25, -0.2) is 9.18 Å². The van der Waals surface area contributed by atoms with Gasteiger partial charge in [-0.15, -0.1) is 0 Å². The number of hydrogen-bond acceptors (Lipinski definition) is 2. The van der Waals surface area contributed by atoms with Gasteiger partial charge in [0.15, 0.2) is 0 Å². The number of hydrogen-bond donors (Lipinski definition) is 1. The lowest BCUT2D eigenvalue weighted by atomic mass is 10.1. The number of carbonyl (C=O) groups excluding carboxylic acids is 1. The quantitative estimate of drug-likeness (QED) is 0.926. The van der Waals surface area contributed by atoms with Gasteiger partial charge in [0.05, 0.1) is 0 Å². The van der Waals surface area contributed by atoms with Crippen molar-refractivity contribution >= 4 is 11.7 Å². The number of halogens is 1. The van der Waals surface area contributed by atoms with Gasteiger partial charge in [-0.1, -0.05) is 6.42 Å². The summed E-state index contributed by atoms with van der Waals surface area (Å²) in [6.07, 6.45) is 5.04. The Morgan fingerprint density at radius 1 is 1.26 bits per heavy atom. The highest BCUT2D eigenvalue weighted by atomic mass is 19.1. The zero-order valence-electron chi connectivity index (χ0n) is 13.9. The molecule has 0 saturated carbocycles. The second kappa shape index (κ2) is 7.30. The average Bonchev–Trinajstić information content (AvgIpc) is 3.00. The van der Waals surface area contributed by atoms with Crippen LogP contribution in [-0.2, 0) is 0 Å². The Balaban J connectivity index is 1.49. The van der Waals surface area contributed by atoms with Crippen LogP contribution in [0, 0.1) is 18.7 Å². The third kappa shape index (κ3) is 4.22. The van der Waals surface area contributed by atoms with E-state index in [0.29, 0.717) is 17.2 Å². The molecule has 3 rings (SSSR count). The van der Waals surface area contributed by atoms with Gasteiger partial charge in [0.2, 0.25) is 0 Å². The van der Waals surface area contributed by atoms with E-state index < -0.39 is 0 Å². The second-order valence-corrected chi connectivity index (χ2v) is 6.86. The summed E-state index contributed by atoms with van der Waals surface area (Å²) in [5, 5.41) is 2.88. The lowest BCUT2D eigenvalue weighted by Gasteiger charge is -2.29. The minimum absolute atomic E-state index is 0.0721. The molecule has 2 saturated heterocycles. The summed E-state index contributed by atoms with van der Waals surface area (Å²) < 4.78 is 13.3. The van der Waals surface area contributed by atoms with Crippen molar-refractivity contribution in [1.82, 2.24) is 9.80 Å². The normalized spacial score (nSPS) is 22.3. The summed E-state index contributed by atoms with van der Waals surface area (Å²) in [6.45, 7) is 6.86. The molecule has 0 radical (unpaired) electrons. The molecular formula is C18H26FN3O. The van der Waals surface area contributed by atoms with Gasteiger partial charge in [0, 0.05) is 25.3 Å². The van der Waals surface area contributed by atoms with Gasteiger partial charge < -0.3 is 15.1 Å². The van der Waals surface area contributed by atoms with Gasteiger partial charge in [-0.05, 0) is 69.0 Å². The van der Waals surface area contributed by atoms with Gasteiger partial charge >= 0.3 is 6.03 Å². The number of aryl methyl sites for hydroxylation is 1. The van der Waals surface area contributed by atoms with Crippen molar-refractivity contribution in [3.8, 4) is 0 Å².